The molecule has 2 heterocycles. The Kier molecular flexibility index (Phi) is 4.14. The summed E-state index contributed by atoms with van der Waals surface area (Å²) in [5.41, 5.74) is 0. The first-order valence-corrected chi connectivity index (χ1v) is 7.82. The van der Waals surface area contributed by atoms with Crippen LogP contribution in [0.25, 0.3) is 0 Å². The van der Waals surface area contributed by atoms with Crippen molar-refractivity contribution < 1.29 is 13.2 Å². The predicted octanol–water partition coefficient (Wildman–Crippen LogP) is 2.65. The molecular formula is C9H7Cl2N3O3S2. The Morgan fingerprint density at radius 1 is 1.37 bits per heavy atom. The van der Waals surface area contributed by atoms with Gasteiger partial charge in [0, 0.05) is 0 Å². The molecule has 0 atom stereocenters. The Bertz CT molecular complexity index is 702. The number of nitrogens with zero attached hydrogens (tertiary/aromatic N) is 2. The zero-order chi connectivity index (χ0) is 14.0. The van der Waals surface area contributed by atoms with Gasteiger partial charge in [0.15, 0.2) is 11.6 Å². The maximum Gasteiger partial charge on any atom is 0.272 e. The van der Waals surface area contributed by atoms with Crippen molar-refractivity contribution in [2.75, 3.05) is 11.8 Å². The molecule has 0 unspecified atom stereocenters. The molecule has 6 nitrogen and oxygen atoms in total. The highest BCUT2D eigenvalue weighted by Gasteiger charge is 2.20. The molecule has 0 saturated carbocycles. The van der Waals surface area contributed by atoms with Gasteiger partial charge < -0.3 is 4.74 Å². The van der Waals surface area contributed by atoms with E-state index in [0.29, 0.717) is 4.34 Å². The van der Waals surface area contributed by atoms with Crippen molar-refractivity contribution in [1.29, 1.82) is 0 Å². The van der Waals surface area contributed by atoms with Crippen LogP contribution >= 0.6 is 34.5 Å². The minimum absolute atomic E-state index is 0.0352. The van der Waals surface area contributed by atoms with E-state index in [1.807, 2.05) is 0 Å². The zero-order valence-corrected chi connectivity index (χ0v) is 12.6. The first-order valence-electron chi connectivity index (χ1n) is 4.77. The Hall–Kier alpha value is -1.09. The van der Waals surface area contributed by atoms with E-state index in [4.69, 9.17) is 27.9 Å². The van der Waals surface area contributed by atoms with E-state index >= 15 is 0 Å². The summed E-state index contributed by atoms with van der Waals surface area (Å²) in [5, 5.41) is -0.0947. The number of hydrogen-bond donors (Lipinski definition) is 1. The van der Waals surface area contributed by atoms with Gasteiger partial charge in [0.2, 0.25) is 5.28 Å². The first kappa shape index (κ1) is 14.3. The van der Waals surface area contributed by atoms with Crippen LogP contribution in [0.2, 0.25) is 9.62 Å². The van der Waals surface area contributed by atoms with Crippen molar-refractivity contribution >= 4 is 50.4 Å². The standard InChI is InChI=1S/C9H7Cl2N3O3S2/c1-17-5-4-12-9(11)13-8(5)14-19(15,16)7-3-2-6(10)18-7/h2-4H,1H3,(H,12,13,14). The smallest absolute Gasteiger partial charge is 0.272 e. The van der Waals surface area contributed by atoms with E-state index in [-0.39, 0.29) is 21.1 Å². The van der Waals surface area contributed by atoms with Crippen molar-refractivity contribution in [1.82, 2.24) is 9.97 Å². The summed E-state index contributed by atoms with van der Waals surface area (Å²) in [4.78, 5) is 7.47. The molecule has 0 radical (unpaired) electrons. The summed E-state index contributed by atoms with van der Waals surface area (Å²) in [6.45, 7) is 0. The summed E-state index contributed by atoms with van der Waals surface area (Å²) >= 11 is 12.3. The van der Waals surface area contributed by atoms with Gasteiger partial charge in [-0.25, -0.2) is 13.4 Å². The summed E-state index contributed by atoms with van der Waals surface area (Å²) in [7, 11) is -2.42. The van der Waals surface area contributed by atoms with Gasteiger partial charge in [0.25, 0.3) is 10.0 Å². The molecule has 0 aliphatic rings. The van der Waals surface area contributed by atoms with Crippen molar-refractivity contribution in [2.24, 2.45) is 0 Å². The van der Waals surface area contributed by atoms with Gasteiger partial charge in [-0.3, -0.25) is 4.72 Å². The molecule has 0 fully saturated rings. The number of rotatable bonds is 4. The van der Waals surface area contributed by atoms with Crippen LogP contribution in [0.15, 0.2) is 22.5 Å². The third-order valence-electron chi connectivity index (χ3n) is 1.99. The molecule has 0 aromatic carbocycles. The molecule has 0 saturated heterocycles. The lowest BCUT2D eigenvalue weighted by molar-refractivity contribution is 0.413. The number of sulfonamides is 1. The summed E-state index contributed by atoms with van der Waals surface area (Å²) in [6.07, 6.45) is 1.27. The Morgan fingerprint density at radius 2 is 2.11 bits per heavy atom. The van der Waals surface area contributed by atoms with Gasteiger partial charge in [-0.1, -0.05) is 11.6 Å². The number of methoxy groups -OCH3 is 1. The molecule has 2 aromatic heterocycles. The second kappa shape index (κ2) is 5.49. The van der Waals surface area contributed by atoms with Gasteiger partial charge in [-0.15, -0.1) is 11.3 Å². The molecule has 0 spiro atoms. The predicted molar refractivity (Wildman–Crippen MR) is 73.7 cm³/mol. The zero-order valence-electron chi connectivity index (χ0n) is 9.42. The lowest BCUT2D eigenvalue weighted by Crippen LogP contribution is -2.13. The molecule has 2 rings (SSSR count). The molecule has 0 bridgehead atoms. The molecule has 10 heteroatoms. The average Bonchev–Trinajstić information content (AvgIpc) is 2.76. The lowest BCUT2D eigenvalue weighted by atomic mass is 10.5. The van der Waals surface area contributed by atoms with E-state index in [0.717, 1.165) is 11.3 Å². The molecule has 102 valence electrons. The fourth-order valence-corrected chi connectivity index (χ4v) is 3.82. The third-order valence-corrected chi connectivity index (χ3v) is 5.23. The SMILES string of the molecule is COc1cnc(Cl)nc1NS(=O)(=O)c1ccc(Cl)s1. The van der Waals surface area contributed by atoms with Crippen molar-refractivity contribution in [3.63, 3.8) is 0 Å². The summed E-state index contributed by atoms with van der Waals surface area (Å²) in [6, 6.07) is 2.88. The fraction of sp³-hybridized carbons (Fsp3) is 0.111. The summed E-state index contributed by atoms with van der Waals surface area (Å²) in [5.74, 6) is 0.127. The van der Waals surface area contributed by atoms with Gasteiger partial charge in [0.1, 0.15) is 4.21 Å². The second-order valence-corrected chi connectivity index (χ2v) is 7.18. The van der Waals surface area contributed by atoms with Gasteiger partial charge in [-0.05, 0) is 23.7 Å². The van der Waals surface area contributed by atoms with Gasteiger partial charge in [0.05, 0.1) is 17.6 Å². The van der Waals surface area contributed by atoms with Gasteiger partial charge in [-0.2, -0.15) is 4.98 Å². The molecular weight excluding hydrogens is 333 g/mol. The maximum atomic E-state index is 12.1. The minimum atomic E-state index is -3.79. The van der Waals surface area contributed by atoms with Crippen LogP contribution in [-0.2, 0) is 10.0 Å². The topological polar surface area (TPSA) is 81.2 Å². The van der Waals surface area contributed by atoms with E-state index in [2.05, 4.69) is 14.7 Å². The fourth-order valence-electron chi connectivity index (χ4n) is 1.19. The monoisotopic (exact) mass is 339 g/mol. The highest BCUT2D eigenvalue weighted by Crippen LogP contribution is 2.29. The van der Waals surface area contributed by atoms with E-state index in [9.17, 15) is 8.42 Å². The number of thiophene rings is 1. The van der Waals surface area contributed by atoms with Crippen LogP contribution in [0.4, 0.5) is 5.82 Å². The van der Waals surface area contributed by atoms with E-state index in [1.54, 1.807) is 0 Å². The van der Waals surface area contributed by atoms with Crippen molar-refractivity contribution in [2.45, 2.75) is 4.21 Å². The van der Waals surface area contributed by atoms with Crippen LogP contribution in [0, 0.1) is 0 Å². The average molecular weight is 340 g/mol. The van der Waals surface area contributed by atoms with Crippen LogP contribution in [0.5, 0.6) is 5.75 Å². The molecule has 1 N–H and O–H groups in total. The lowest BCUT2D eigenvalue weighted by Gasteiger charge is -2.09. The largest absolute Gasteiger partial charge is 0.491 e. The Morgan fingerprint density at radius 3 is 2.68 bits per heavy atom. The highest BCUT2D eigenvalue weighted by molar-refractivity contribution is 7.94. The number of halogens is 2. The number of nitrogens with one attached hydrogen (secondary N) is 1. The molecule has 19 heavy (non-hydrogen) atoms. The molecule has 0 aliphatic heterocycles. The number of hydrogen-bond acceptors (Lipinski definition) is 6. The van der Waals surface area contributed by atoms with Crippen LogP contribution in [-0.4, -0.2) is 25.5 Å². The quantitative estimate of drug-likeness (QED) is 0.866. The minimum Gasteiger partial charge on any atom is -0.491 e. The Balaban J connectivity index is 2.38. The number of ether oxygens (including phenoxy) is 1. The Labute approximate surface area is 123 Å². The number of aromatic nitrogens is 2. The van der Waals surface area contributed by atoms with Crippen molar-refractivity contribution in [3.05, 3.63) is 27.9 Å². The van der Waals surface area contributed by atoms with Crippen molar-refractivity contribution in [3.8, 4) is 5.75 Å². The molecule has 0 amide bonds. The van der Waals surface area contributed by atoms with Crippen LogP contribution in [0.3, 0.4) is 0 Å². The first-order chi connectivity index (χ1) is 8.92. The van der Waals surface area contributed by atoms with Crippen LogP contribution < -0.4 is 9.46 Å². The number of anilines is 1. The highest BCUT2D eigenvalue weighted by atomic mass is 35.5. The summed E-state index contributed by atoms with van der Waals surface area (Å²) < 4.78 is 31.8. The molecule has 2 aromatic rings. The molecule has 0 aliphatic carbocycles. The maximum absolute atomic E-state index is 12.1. The third kappa shape index (κ3) is 3.27. The van der Waals surface area contributed by atoms with Crippen LogP contribution in [0.1, 0.15) is 0 Å². The van der Waals surface area contributed by atoms with E-state index < -0.39 is 10.0 Å². The normalized spacial score (nSPS) is 11.3. The van der Waals surface area contributed by atoms with E-state index in [1.165, 1.54) is 25.4 Å². The second-order valence-electron chi connectivity index (χ2n) is 3.22. The van der Waals surface area contributed by atoms with Gasteiger partial charge >= 0.3 is 0 Å².